The molecule has 0 spiro atoms. The van der Waals surface area contributed by atoms with Gasteiger partial charge in [0.1, 0.15) is 5.76 Å². The molecule has 1 saturated heterocycles. The maximum absolute atomic E-state index is 12.5. The van der Waals surface area contributed by atoms with Crippen molar-refractivity contribution < 1.29 is 14.1 Å². The van der Waals surface area contributed by atoms with Crippen molar-refractivity contribution in [1.82, 2.24) is 15.0 Å². The fraction of sp³-hybridized carbons (Fsp3) is 0.500. The molecule has 0 unspecified atom stereocenters. The van der Waals surface area contributed by atoms with Gasteiger partial charge in [-0.15, -0.1) is 0 Å². The van der Waals surface area contributed by atoms with E-state index in [0.717, 1.165) is 37.0 Å². The van der Waals surface area contributed by atoms with Crippen molar-refractivity contribution in [2.24, 2.45) is 0 Å². The molecule has 0 aliphatic carbocycles. The first kappa shape index (κ1) is 16.6. The minimum atomic E-state index is -0.0492. The lowest BCUT2D eigenvalue weighted by molar-refractivity contribution is -0.000673. The molecular weight excluding hydrogens is 306 g/mol. The molecule has 1 aliphatic rings. The third-order valence-electron chi connectivity index (χ3n) is 4.21. The highest BCUT2D eigenvalue weighted by Crippen LogP contribution is 2.18. The zero-order valence-electron chi connectivity index (χ0n) is 14.0. The molecule has 0 radical (unpaired) electrons. The van der Waals surface area contributed by atoms with Crippen LogP contribution in [0.3, 0.4) is 0 Å². The summed E-state index contributed by atoms with van der Waals surface area (Å²) in [6.45, 7) is 4.01. The summed E-state index contributed by atoms with van der Waals surface area (Å²) in [5.41, 5.74) is 1.48. The number of aryl methyl sites for hydroxylation is 1. The van der Waals surface area contributed by atoms with E-state index in [9.17, 15) is 4.79 Å². The Morgan fingerprint density at radius 1 is 1.42 bits per heavy atom. The van der Waals surface area contributed by atoms with Gasteiger partial charge in [-0.1, -0.05) is 18.1 Å². The Kier molecular flexibility index (Phi) is 5.59. The zero-order chi connectivity index (χ0) is 16.8. The Bertz CT molecular complexity index is 649. The summed E-state index contributed by atoms with van der Waals surface area (Å²) in [6, 6.07) is 5.67. The van der Waals surface area contributed by atoms with Crippen molar-refractivity contribution >= 4 is 5.91 Å². The standard InChI is InChI=1S/C18H23N3O3/c1-2-4-16-11-17(20-24-16)18(22)21-9-6-15(7-10-21)23-13-14-5-3-8-19-12-14/h3,5,8,11-12,15H,2,4,6-7,9-10,13H2,1H3. The topological polar surface area (TPSA) is 68.5 Å². The Labute approximate surface area is 141 Å². The maximum Gasteiger partial charge on any atom is 0.276 e. The number of pyridine rings is 1. The first-order valence-corrected chi connectivity index (χ1v) is 8.51. The zero-order valence-corrected chi connectivity index (χ0v) is 14.0. The van der Waals surface area contributed by atoms with Crippen LogP contribution in [0.15, 0.2) is 35.1 Å². The molecule has 128 valence electrons. The SMILES string of the molecule is CCCc1cc(C(=O)N2CCC(OCc3cccnc3)CC2)no1. The Morgan fingerprint density at radius 2 is 2.25 bits per heavy atom. The van der Waals surface area contributed by atoms with Gasteiger partial charge in [0.2, 0.25) is 0 Å². The second-order valence-electron chi connectivity index (χ2n) is 6.09. The normalized spacial score (nSPS) is 15.6. The maximum atomic E-state index is 12.5. The van der Waals surface area contributed by atoms with Crippen molar-refractivity contribution in [3.05, 3.63) is 47.6 Å². The van der Waals surface area contributed by atoms with E-state index < -0.39 is 0 Å². The largest absolute Gasteiger partial charge is 0.373 e. The van der Waals surface area contributed by atoms with Gasteiger partial charge in [-0.05, 0) is 30.9 Å². The third-order valence-corrected chi connectivity index (χ3v) is 4.21. The van der Waals surface area contributed by atoms with E-state index in [1.807, 2.05) is 23.2 Å². The summed E-state index contributed by atoms with van der Waals surface area (Å²) in [4.78, 5) is 18.4. The minimum absolute atomic E-state index is 0.0492. The van der Waals surface area contributed by atoms with Gasteiger partial charge in [0.05, 0.1) is 12.7 Å². The van der Waals surface area contributed by atoms with Crippen molar-refractivity contribution in [3.63, 3.8) is 0 Å². The van der Waals surface area contributed by atoms with Gasteiger partial charge in [0.15, 0.2) is 5.69 Å². The van der Waals surface area contributed by atoms with Gasteiger partial charge in [-0.25, -0.2) is 0 Å². The molecule has 1 aliphatic heterocycles. The lowest BCUT2D eigenvalue weighted by atomic mass is 10.1. The van der Waals surface area contributed by atoms with Gasteiger partial charge < -0.3 is 14.2 Å². The number of ether oxygens (including phenoxy) is 1. The number of rotatable bonds is 6. The number of carbonyl (C=O) groups is 1. The molecule has 24 heavy (non-hydrogen) atoms. The van der Waals surface area contributed by atoms with Crippen molar-refractivity contribution in [1.29, 1.82) is 0 Å². The average Bonchev–Trinajstić information content (AvgIpc) is 3.10. The lowest BCUT2D eigenvalue weighted by Crippen LogP contribution is -2.41. The van der Waals surface area contributed by atoms with Crippen LogP contribution in [-0.4, -0.2) is 40.1 Å². The van der Waals surface area contributed by atoms with Gasteiger partial charge in [0.25, 0.3) is 5.91 Å². The van der Waals surface area contributed by atoms with E-state index in [1.54, 1.807) is 12.3 Å². The lowest BCUT2D eigenvalue weighted by Gasteiger charge is -2.31. The molecular formula is C18H23N3O3. The van der Waals surface area contributed by atoms with E-state index in [1.165, 1.54) is 0 Å². The number of carbonyl (C=O) groups excluding carboxylic acids is 1. The van der Waals surface area contributed by atoms with Crippen LogP contribution >= 0.6 is 0 Å². The smallest absolute Gasteiger partial charge is 0.276 e. The monoisotopic (exact) mass is 329 g/mol. The van der Waals surface area contributed by atoms with Gasteiger partial charge in [-0.3, -0.25) is 9.78 Å². The van der Waals surface area contributed by atoms with E-state index in [2.05, 4.69) is 17.1 Å². The molecule has 3 heterocycles. The number of aromatic nitrogens is 2. The predicted molar refractivity (Wildman–Crippen MR) is 88.4 cm³/mol. The highest BCUT2D eigenvalue weighted by atomic mass is 16.5. The molecule has 2 aromatic rings. The molecule has 0 aromatic carbocycles. The molecule has 0 atom stereocenters. The third kappa shape index (κ3) is 4.20. The number of amides is 1. The number of likely N-dealkylation sites (tertiary alicyclic amines) is 1. The van der Waals surface area contributed by atoms with Crippen molar-refractivity contribution in [2.45, 2.75) is 45.3 Å². The highest BCUT2D eigenvalue weighted by molar-refractivity contribution is 5.92. The van der Waals surface area contributed by atoms with Crippen LogP contribution in [0.25, 0.3) is 0 Å². The second-order valence-corrected chi connectivity index (χ2v) is 6.09. The molecule has 0 N–H and O–H groups in total. The van der Waals surface area contributed by atoms with Crippen LogP contribution in [0.2, 0.25) is 0 Å². The molecule has 1 fully saturated rings. The summed E-state index contributed by atoms with van der Waals surface area (Å²) in [5, 5.41) is 3.90. The molecule has 2 aromatic heterocycles. The van der Waals surface area contributed by atoms with Gasteiger partial charge >= 0.3 is 0 Å². The molecule has 3 rings (SSSR count). The summed E-state index contributed by atoms with van der Waals surface area (Å²) in [7, 11) is 0. The van der Waals surface area contributed by atoms with E-state index in [-0.39, 0.29) is 12.0 Å². The number of piperidine rings is 1. The molecule has 0 bridgehead atoms. The number of hydrogen-bond donors (Lipinski definition) is 0. The number of hydrogen-bond acceptors (Lipinski definition) is 5. The summed E-state index contributed by atoms with van der Waals surface area (Å²) in [6.07, 6.45) is 7.22. The van der Waals surface area contributed by atoms with Gasteiger partial charge in [-0.2, -0.15) is 0 Å². The Morgan fingerprint density at radius 3 is 2.96 bits per heavy atom. The van der Waals surface area contributed by atoms with Gasteiger partial charge in [0, 0.05) is 38.0 Å². The van der Waals surface area contributed by atoms with Crippen LogP contribution in [0.5, 0.6) is 0 Å². The fourth-order valence-corrected chi connectivity index (χ4v) is 2.86. The van der Waals surface area contributed by atoms with E-state index >= 15 is 0 Å². The van der Waals surface area contributed by atoms with E-state index in [0.29, 0.717) is 25.4 Å². The summed E-state index contributed by atoms with van der Waals surface area (Å²) >= 11 is 0. The van der Waals surface area contributed by atoms with E-state index in [4.69, 9.17) is 9.26 Å². The average molecular weight is 329 g/mol. The van der Waals surface area contributed by atoms with Crippen LogP contribution in [0.1, 0.15) is 48.0 Å². The predicted octanol–water partition coefficient (Wildman–Crippen LogP) is 2.84. The first-order chi connectivity index (χ1) is 11.8. The van der Waals surface area contributed by atoms with Crippen LogP contribution in [0, 0.1) is 0 Å². The highest BCUT2D eigenvalue weighted by Gasteiger charge is 2.26. The first-order valence-electron chi connectivity index (χ1n) is 8.51. The molecule has 0 saturated carbocycles. The Balaban J connectivity index is 1.46. The fourth-order valence-electron chi connectivity index (χ4n) is 2.86. The van der Waals surface area contributed by atoms with Crippen LogP contribution in [-0.2, 0) is 17.8 Å². The van der Waals surface area contributed by atoms with Crippen LogP contribution < -0.4 is 0 Å². The van der Waals surface area contributed by atoms with Crippen LogP contribution in [0.4, 0.5) is 0 Å². The number of nitrogens with zero attached hydrogens (tertiary/aromatic N) is 3. The molecule has 6 nitrogen and oxygen atoms in total. The quantitative estimate of drug-likeness (QED) is 0.815. The van der Waals surface area contributed by atoms with Crippen molar-refractivity contribution in [3.8, 4) is 0 Å². The summed E-state index contributed by atoms with van der Waals surface area (Å²) < 4.78 is 11.1. The molecule has 6 heteroatoms. The minimum Gasteiger partial charge on any atom is -0.373 e. The molecule has 1 amide bonds. The summed E-state index contributed by atoms with van der Waals surface area (Å²) in [5.74, 6) is 0.724. The second kappa shape index (κ2) is 8.06. The Hall–Kier alpha value is -2.21. The van der Waals surface area contributed by atoms with Crippen molar-refractivity contribution in [2.75, 3.05) is 13.1 Å².